The molecule has 1 saturated carbocycles. The van der Waals surface area contributed by atoms with E-state index in [1.807, 2.05) is 6.92 Å². The van der Waals surface area contributed by atoms with Gasteiger partial charge in [-0.2, -0.15) is 4.31 Å². The molecule has 1 unspecified atom stereocenters. The number of sulfonamides is 1. The third-order valence-electron chi connectivity index (χ3n) is 5.61. The van der Waals surface area contributed by atoms with Crippen LogP contribution >= 0.6 is 0 Å². The molecule has 0 aromatic heterocycles. The molecule has 1 aromatic carbocycles. The van der Waals surface area contributed by atoms with Gasteiger partial charge in [0.25, 0.3) is 5.91 Å². The van der Waals surface area contributed by atoms with E-state index in [9.17, 15) is 23.1 Å². The van der Waals surface area contributed by atoms with Crippen LogP contribution in [-0.4, -0.2) is 48.3 Å². The van der Waals surface area contributed by atoms with E-state index in [0.29, 0.717) is 24.9 Å². The smallest absolute Gasteiger partial charge is 0.308 e. The molecule has 148 valence electrons. The number of carboxylic acid groups (broad SMARTS) is 1. The van der Waals surface area contributed by atoms with Crippen LogP contribution in [0.3, 0.4) is 0 Å². The van der Waals surface area contributed by atoms with Gasteiger partial charge in [0.15, 0.2) is 0 Å². The van der Waals surface area contributed by atoms with Gasteiger partial charge in [-0.15, -0.1) is 0 Å². The summed E-state index contributed by atoms with van der Waals surface area (Å²) in [6.45, 7) is 2.43. The number of carbonyl (C=O) groups excluding carboxylic acids is 1. The Labute approximate surface area is 159 Å². The molecule has 1 saturated heterocycles. The van der Waals surface area contributed by atoms with E-state index in [0.717, 1.165) is 25.7 Å². The molecule has 1 heterocycles. The largest absolute Gasteiger partial charge is 0.481 e. The summed E-state index contributed by atoms with van der Waals surface area (Å²) in [6, 6.07) is 5.47. The van der Waals surface area contributed by atoms with Crippen molar-refractivity contribution in [3.05, 3.63) is 29.8 Å². The maximum absolute atomic E-state index is 12.8. The maximum atomic E-state index is 12.8. The number of hydrogen-bond donors (Lipinski definition) is 2. The Balaban J connectivity index is 1.71. The van der Waals surface area contributed by atoms with Crippen molar-refractivity contribution in [1.29, 1.82) is 0 Å². The SMILES string of the molecule is CC1CCCCN1S(=O)(=O)c1ccc(C(=O)N[C@@H]2CCC[C@@H]2C(=O)O)cc1. The van der Waals surface area contributed by atoms with E-state index in [1.54, 1.807) is 0 Å². The summed E-state index contributed by atoms with van der Waals surface area (Å²) in [4.78, 5) is 23.8. The highest BCUT2D eigenvalue weighted by Crippen LogP contribution is 2.27. The van der Waals surface area contributed by atoms with Gasteiger partial charge >= 0.3 is 5.97 Å². The van der Waals surface area contributed by atoms with E-state index in [2.05, 4.69) is 5.32 Å². The number of piperidine rings is 1. The van der Waals surface area contributed by atoms with Crippen LogP contribution in [0.15, 0.2) is 29.2 Å². The number of aliphatic carboxylic acids is 1. The first kappa shape index (κ1) is 19.8. The summed E-state index contributed by atoms with van der Waals surface area (Å²) >= 11 is 0. The van der Waals surface area contributed by atoms with Crippen LogP contribution in [0.2, 0.25) is 0 Å². The number of nitrogens with zero attached hydrogens (tertiary/aromatic N) is 1. The highest BCUT2D eigenvalue weighted by molar-refractivity contribution is 7.89. The Morgan fingerprint density at radius 2 is 1.78 bits per heavy atom. The first-order valence-corrected chi connectivity index (χ1v) is 10.9. The van der Waals surface area contributed by atoms with E-state index >= 15 is 0 Å². The Hall–Kier alpha value is -1.93. The van der Waals surface area contributed by atoms with E-state index in [4.69, 9.17) is 0 Å². The van der Waals surface area contributed by atoms with Gasteiger partial charge in [0, 0.05) is 24.2 Å². The average Bonchev–Trinajstić information content (AvgIpc) is 3.10. The standard InChI is InChI=1S/C19H26N2O5S/c1-13-5-2-3-12-21(13)27(25,26)15-10-8-14(9-11-15)18(22)20-17-7-4-6-16(17)19(23)24/h8-11,13,16-17H,2-7,12H2,1H3,(H,20,22)(H,23,24)/t13?,16-,17+/m0/s1. The van der Waals surface area contributed by atoms with Crippen LogP contribution in [-0.2, 0) is 14.8 Å². The lowest BCUT2D eigenvalue weighted by Crippen LogP contribution is -2.42. The van der Waals surface area contributed by atoms with Gasteiger partial charge in [0.2, 0.25) is 10.0 Å². The van der Waals surface area contributed by atoms with Crippen LogP contribution in [0.5, 0.6) is 0 Å². The number of hydrogen-bond acceptors (Lipinski definition) is 4. The van der Waals surface area contributed by atoms with Crippen LogP contribution < -0.4 is 5.32 Å². The van der Waals surface area contributed by atoms with Crippen molar-refractivity contribution in [1.82, 2.24) is 9.62 Å². The molecule has 2 fully saturated rings. The number of rotatable bonds is 5. The van der Waals surface area contributed by atoms with Crippen molar-refractivity contribution >= 4 is 21.9 Å². The fourth-order valence-corrected chi connectivity index (χ4v) is 5.72. The number of carboxylic acids is 1. The molecule has 1 amide bonds. The lowest BCUT2D eigenvalue weighted by molar-refractivity contribution is -0.142. The number of benzene rings is 1. The molecule has 0 spiro atoms. The van der Waals surface area contributed by atoms with Gasteiger partial charge in [0.1, 0.15) is 0 Å². The third-order valence-corrected chi connectivity index (χ3v) is 7.64. The lowest BCUT2D eigenvalue weighted by atomic mass is 10.0. The number of amides is 1. The second-order valence-electron chi connectivity index (χ2n) is 7.44. The van der Waals surface area contributed by atoms with Crippen molar-refractivity contribution in [2.24, 2.45) is 5.92 Å². The topological polar surface area (TPSA) is 104 Å². The molecule has 1 aromatic rings. The molecule has 0 bridgehead atoms. The van der Waals surface area contributed by atoms with Crippen molar-refractivity contribution in [3.8, 4) is 0 Å². The molecule has 27 heavy (non-hydrogen) atoms. The molecular weight excluding hydrogens is 368 g/mol. The molecular formula is C19H26N2O5S. The number of nitrogens with one attached hydrogen (secondary N) is 1. The maximum Gasteiger partial charge on any atom is 0.308 e. The van der Waals surface area contributed by atoms with Crippen molar-refractivity contribution < 1.29 is 23.1 Å². The second-order valence-corrected chi connectivity index (χ2v) is 9.33. The normalized spacial score (nSPS) is 26.6. The van der Waals surface area contributed by atoms with Crippen LogP contribution in [0.1, 0.15) is 55.8 Å². The predicted octanol–water partition coefficient (Wildman–Crippen LogP) is 2.23. The van der Waals surface area contributed by atoms with Crippen molar-refractivity contribution in [2.45, 2.75) is 62.4 Å². The Bertz CT molecular complexity index is 806. The second kappa shape index (κ2) is 7.98. The Morgan fingerprint density at radius 3 is 2.41 bits per heavy atom. The molecule has 1 aliphatic heterocycles. The zero-order chi connectivity index (χ0) is 19.6. The molecule has 1 aliphatic carbocycles. The van der Waals surface area contributed by atoms with Gasteiger partial charge in [-0.3, -0.25) is 9.59 Å². The average molecular weight is 394 g/mol. The van der Waals surface area contributed by atoms with Gasteiger partial charge in [-0.25, -0.2) is 8.42 Å². The van der Waals surface area contributed by atoms with Gasteiger partial charge in [0.05, 0.1) is 10.8 Å². The van der Waals surface area contributed by atoms with E-state index < -0.39 is 21.9 Å². The fourth-order valence-electron chi connectivity index (χ4n) is 4.02. The van der Waals surface area contributed by atoms with Crippen LogP contribution in [0.4, 0.5) is 0 Å². The zero-order valence-corrected chi connectivity index (χ0v) is 16.2. The summed E-state index contributed by atoms with van der Waals surface area (Å²) in [5.41, 5.74) is 0.330. The Morgan fingerprint density at radius 1 is 1.07 bits per heavy atom. The van der Waals surface area contributed by atoms with Crippen molar-refractivity contribution in [2.75, 3.05) is 6.54 Å². The minimum atomic E-state index is -3.57. The predicted molar refractivity (Wildman–Crippen MR) is 99.9 cm³/mol. The van der Waals surface area contributed by atoms with E-state index in [1.165, 1.54) is 28.6 Å². The molecule has 0 radical (unpaired) electrons. The summed E-state index contributed by atoms with van der Waals surface area (Å²) in [5.74, 6) is -1.83. The van der Waals surface area contributed by atoms with Crippen LogP contribution in [0.25, 0.3) is 0 Å². The zero-order valence-electron chi connectivity index (χ0n) is 15.4. The first-order valence-electron chi connectivity index (χ1n) is 9.46. The summed E-state index contributed by atoms with van der Waals surface area (Å²) in [7, 11) is -3.57. The minimum absolute atomic E-state index is 0.0259. The highest BCUT2D eigenvalue weighted by Gasteiger charge is 2.34. The van der Waals surface area contributed by atoms with Crippen molar-refractivity contribution in [3.63, 3.8) is 0 Å². The molecule has 2 aliphatic rings. The fraction of sp³-hybridized carbons (Fsp3) is 0.579. The third kappa shape index (κ3) is 4.16. The Kier molecular flexibility index (Phi) is 5.86. The van der Waals surface area contributed by atoms with Gasteiger partial charge in [-0.1, -0.05) is 12.8 Å². The number of carbonyl (C=O) groups is 2. The van der Waals surface area contributed by atoms with Crippen LogP contribution in [0, 0.1) is 5.92 Å². The molecule has 7 nitrogen and oxygen atoms in total. The summed E-state index contributed by atoms with van der Waals surface area (Å²) in [5, 5.41) is 12.0. The van der Waals surface area contributed by atoms with Gasteiger partial charge < -0.3 is 10.4 Å². The molecule has 3 rings (SSSR count). The molecule has 8 heteroatoms. The first-order chi connectivity index (χ1) is 12.8. The monoisotopic (exact) mass is 394 g/mol. The summed E-state index contributed by atoms with van der Waals surface area (Å²) < 4.78 is 27.2. The highest BCUT2D eigenvalue weighted by atomic mass is 32.2. The molecule has 3 atom stereocenters. The molecule has 2 N–H and O–H groups in total. The lowest BCUT2D eigenvalue weighted by Gasteiger charge is -2.32. The minimum Gasteiger partial charge on any atom is -0.481 e. The van der Waals surface area contributed by atoms with Gasteiger partial charge in [-0.05, 0) is 56.9 Å². The quantitative estimate of drug-likeness (QED) is 0.797. The summed E-state index contributed by atoms with van der Waals surface area (Å²) in [6.07, 6.45) is 4.72. The van der Waals surface area contributed by atoms with E-state index in [-0.39, 0.29) is 22.9 Å².